The minimum atomic E-state index is -1.68. The quantitative estimate of drug-likeness (QED) is 0.298. The molecule has 35 heavy (non-hydrogen) atoms. The lowest BCUT2D eigenvalue weighted by atomic mass is 9.76. The predicted octanol–water partition coefficient (Wildman–Crippen LogP) is 1.95. The van der Waals surface area contributed by atoms with Gasteiger partial charge in [-0.05, 0) is 31.1 Å². The van der Waals surface area contributed by atoms with Crippen molar-refractivity contribution in [3.63, 3.8) is 0 Å². The van der Waals surface area contributed by atoms with Crippen molar-refractivity contribution < 1.29 is 53.6 Å². The van der Waals surface area contributed by atoms with Crippen molar-refractivity contribution in [3.05, 3.63) is 0 Å². The summed E-state index contributed by atoms with van der Waals surface area (Å²) in [7, 11) is 0. The van der Waals surface area contributed by atoms with Gasteiger partial charge in [0.2, 0.25) is 0 Å². The molecular weight excluding hydrogens is 464 g/mol. The van der Waals surface area contributed by atoms with Crippen LogP contribution in [0.2, 0.25) is 0 Å². The normalized spacial score (nSPS) is 28.6. The molecule has 11 nitrogen and oxygen atoms in total. The van der Waals surface area contributed by atoms with Crippen LogP contribution < -0.4 is 0 Å². The highest BCUT2D eigenvalue weighted by Crippen LogP contribution is 2.38. The molecule has 4 atom stereocenters. The Morgan fingerprint density at radius 2 is 1.29 bits per heavy atom. The number of esters is 2. The van der Waals surface area contributed by atoms with E-state index in [1.807, 2.05) is 0 Å². The van der Waals surface area contributed by atoms with Gasteiger partial charge < -0.3 is 24.8 Å². The van der Waals surface area contributed by atoms with Crippen LogP contribution in [0.4, 0.5) is 0 Å². The molecule has 0 bridgehead atoms. The molecule has 0 aromatic carbocycles. The molecule has 196 valence electrons. The zero-order valence-corrected chi connectivity index (χ0v) is 20.0. The van der Waals surface area contributed by atoms with Crippen LogP contribution in [0.3, 0.4) is 0 Å². The molecule has 0 aromatic heterocycles. The van der Waals surface area contributed by atoms with Gasteiger partial charge >= 0.3 is 23.9 Å². The number of Topliss-reactive ketones (excluding diaryl/α,β-unsaturated/α-hetero) is 2. The number of ketones is 2. The molecule has 0 aliphatic carbocycles. The van der Waals surface area contributed by atoms with Crippen LogP contribution in [0.1, 0.15) is 90.4 Å². The first-order valence-electron chi connectivity index (χ1n) is 11.9. The molecule has 4 unspecified atom stereocenters. The Labute approximate surface area is 203 Å². The molecule has 2 fully saturated rings. The Hall–Kier alpha value is -2.82. The topological polar surface area (TPSA) is 182 Å². The summed E-state index contributed by atoms with van der Waals surface area (Å²) in [6.07, 6.45) is -0.620. The van der Waals surface area contributed by atoms with E-state index in [0.717, 1.165) is 0 Å². The zero-order valence-electron chi connectivity index (χ0n) is 20.0. The number of carbonyl (C=O) groups is 6. The van der Waals surface area contributed by atoms with E-state index in [0.29, 0.717) is 19.3 Å². The van der Waals surface area contributed by atoms with E-state index < -0.39 is 59.9 Å². The fraction of sp³-hybridized carbons (Fsp3) is 0.750. The molecule has 0 radical (unpaired) electrons. The SMILES string of the molecule is CC1(CC(=O)O)CC(=O)OC(CCC(=O)CCCC(=O)CCC2CC(O)(CC(=O)O)CC(=O)O2)C1. The first-order chi connectivity index (χ1) is 16.3. The summed E-state index contributed by atoms with van der Waals surface area (Å²) in [6.45, 7) is 1.73. The van der Waals surface area contributed by atoms with Crippen LogP contribution in [-0.4, -0.2) is 68.6 Å². The Kier molecular flexibility index (Phi) is 9.93. The molecular formula is C24H34O11. The molecule has 2 heterocycles. The average molecular weight is 499 g/mol. The molecule has 0 amide bonds. The first-order valence-corrected chi connectivity index (χ1v) is 11.9. The van der Waals surface area contributed by atoms with E-state index in [1.165, 1.54) is 0 Å². The van der Waals surface area contributed by atoms with E-state index in [2.05, 4.69) is 0 Å². The number of ether oxygens (including phenoxy) is 2. The van der Waals surface area contributed by atoms with Crippen LogP contribution in [0.25, 0.3) is 0 Å². The number of aliphatic hydroxyl groups is 1. The highest BCUT2D eigenvalue weighted by Gasteiger charge is 2.42. The van der Waals surface area contributed by atoms with Crippen molar-refractivity contribution in [2.24, 2.45) is 5.41 Å². The lowest BCUT2D eigenvalue weighted by Crippen LogP contribution is -2.44. The Morgan fingerprint density at radius 1 is 0.800 bits per heavy atom. The molecule has 2 aliphatic heterocycles. The largest absolute Gasteiger partial charge is 0.481 e. The second-order valence-corrected chi connectivity index (χ2v) is 10.2. The van der Waals surface area contributed by atoms with Crippen molar-refractivity contribution in [1.82, 2.24) is 0 Å². The molecule has 2 rings (SSSR count). The third kappa shape index (κ3) is 10.1. The number of rotatable bonds is 14. The fourth-order valence-corrected chi connectivity index (χ4v) is 4.89. The van der Waals surface area contributed by atoms with Crippen LogP contribution in [0.5, 0.6) is 0 Å². The summed E-state index contributed by atoms with van der Waals surface area (Å²) in [6, 6.07) is 0. The standard InChI is InChI=1S/C24H34O11/c1-23(11-19(27)28)9-17(34-21(31)13-23)7-5-15(25)3-2-4-16(26)6-8-18-10-24(33,12-20(29)30)14-22(32)35-18/h17-18,33H,2-14H2,1H3,(H,27,28)(H,29,30). The maximum atomic E-state index is 12.2. The lowest BCUT2D eigenvalue weighted by molar-refractivity contribution is -0.174. The van der Waals surface area contributed by atoms with Gasteiger partial charge in [-0.3, -0.25) is 28.8 Å². The Bertz CT molecular complexity index is 774. The number of hydrogen-bond acceptors (Lipinski definition) is 9. The number of carbonyl (C=O) groups excluding carboxylic acids is 4. The lowest BCUT2D eigenvalue weighted by Gasteiger charge is -2.36. The minimum Gasteiger partial charge on any atom is -0.481 e. The minimum absolute atomic E-state index is 0.0325. The van der Waals surface area contributed by atoms with E-state index in [4.69, 9.17) is 19.7 Å². The van der Waals surface area contributed by atoms with Gasteiger partial charge in [0.25, 0.3) is 0 Å². The van der Waals surface area contributed by atoms with Gasteiger partial charge in [-0.25, -0.2) is 0 Å². The molecule has 2 aliphatic rings. The number of carboxylic acids is 2. The van der Waals surface area contributed by atoms with Crippen molar-refractivity contribution in [2.75, 3.05) is 0 Å². The van der Waals surface area contributed by atoms with Gasteiger partial charge in [-0.1, -0.05) is 6.92 Å². The average Bonchev–Trinajstić information content (AvgIpc) is 2.67. The molecule has 11 heteroatoms. The maximum absolute atomic E-state index is 12.2. The van der Waals surface area contributed by atoms with Gasteiger partial charge in [0.1, 0.15) is 23.8 Å². The van der Waals surface area contributed by atoms with E-state index in [1.54, 1.807) is 6.92 Å². The van der Waals surface area contributed by atoms with Gasteiger partial charge in [-0.15, -0.1) is 0 Å². The number of carboxylic acid groups (broad SMARTS) is 2. The third-order valence-corrected chi connectivity index (χ3v) is 6.43. The summed E-state index contributed by atoms with van der Waals surface area (Å²) in [5, 5.41) is 28.3. The van der Waals surface area contributed by atoms with E-state index in [-0.39, 0.29) is 62.9 Å². The maximum Gasteiger partial charge on any atom is 0.309 e. The van der Waals surface area contributed by atoms with Crippen LogP contribution in [-0.2, 0) is 38.2 Å². The van der Waals surface area contributed by atoms with Gasteiger partial charge in [0.15, 0.2) is 0 Å². The summed E-state index contributed by atoms with van der Waals surface area (Å²) in [4.78, 5) is 69.9. The molecule has 0 aromatic rings. The highest BCUT2D eigenvalue weighted by molar-refractivity contribution is 5.81. The zero-order chi connectivity index (χ0) is 26.2. The summed E-state index contributed by atoms with van der Waals surface area (Å²) in [5.74, 6) is -3.59. The monoisotopic (exact) mass is 498 g/mol. The number of cyclic esters (lactones) is 2. The van der Waals surface area contributed by atoms with Gasteiger partial charge in [-0.2, -0.15) is 0 Å². The Balaban J connectivity index is 1.67. The highest BCUT2D eigenvalue weighted by atomic mass is 16.6. The smallest absolute Gasteiger partial charge is 0.309 e. The summed E-state index contributed by atoms with van der Waals surface area (Å²) >= 11 is 0. The first kappa shape index (κ1) is 28.4. The number of hydrogen-bond donors (Lipinski definition) is 3. The van der Waals surface area contributed by atoms with Crippen LogP contribution in [0, 0.1) is 5.41 Å². The van der Waals surface area contributed by atoms with Crippen molar-refractivity contribution in [1.29, 1.82) is 0 Å². The third-order valence-electron chi connectivity index (χ3n) is 6.43. The molecule has 3 N–H and O–H groups in total. The van der Waals surface area contributed by atoms with Crippen molar-refractivity contribution >= 4 is 35.4 Å². The number of aliphatic carboxylic acids is 2. The molecule has 0 spiro atoms. The van der Waals surface area contributed by atoms with Crippen LogP contribution >= 0.6 is 0 Å². The second-order valence-electron chi connectivity index (χ2n) is 10.2. The van der Waals surface area contributed by atoms with Crippen molar-refractivity contribution in [2.45, 2.75) is 108 Å². The predicted molar refractivity (Wildman–Crippen MR) is 118 cm³/mol. The second kappa shape index (κ2) is 12.2. The fourth-order valence-electron chi connectivity index (χ4n) is 4.89. The summed E-state index contributed by atoms with van der Waals surface area (Å²) < 4.78 is 10.4. The van der Waals surface area contributed by atoms with Gasteiger partial charge in [0, 0.05) is 32.1 Å². The van der Waals surface area contributed by atoms with Crippen LogP contribution in [0.15, 0.2) is 0 Å². The van der Waals surface area contributed by atoms with E-state index in [9.17, 15) is 33.9 Å². The Morgan fingerprint density at radius 3 is 1.80 bits per heavy atom. The molecule has 2 saturated heterocycles. The summed E-state index contributed by atoms with van der Waals surface area (Å²) in [5.41, 5.74) is -2.38. The van der Waals surface area contributed by atoms with Crippen molar-refractivity contribution in [3.8, 4) is 0 Å². The van der Waals surface area contributed by atoms with Gasteiger partial charge in [0.05, 0.1) is 31.3 Å². The molecule has 0 saturated carbocycles. The van der Waals surface area contributed by atoms with E-state index >= 15 is 0 Å².